The first-order valence-electron chi connectivity index (χ1n) is 4.27. The Kier molecular flexibility index (Phi) is 2.38. The van der Waals surface area contributed by atoms with Crippen molar-refractivity contribution >= 4 is 28.5 Å². The van der Waals surface area contributed by atoms with Gasteiger partial charge in [0.2, 0.25) is 0 Å². The lowest BCUT2D eigenvalue weighted by Crippen LogP contribution is -2.00. The van der Waals surface area contributed by atoms with Crippen LogP contribution >= 0.6 is 11.6 Å². The number of hydrogen-bond acceptors (Lipinski definition) is 2. The topological polar surface area (TPSA) is 73.3 Å². The number of carboxylic acids is 1. The highest BCUT2D eigenvalue weighted by molar-refractivity contribution is 6.31. The molecule has 0 saturated heterocycles. The molecule has 0 aliphatic carbocycles. The van der Waals surface area contributed by atoms with Gasteiger partial charge in [-0.2, -0.15) is 0 Å². The molecule has 3 N–H and O–H groups in total. The van der Waals surface area contributed by atoms with Crippen LogP contribution in [-0.4, -0.2) is 21.2 Å². The molecule has 0 aliphatic rings. The molecular formula is C10H8ClNO3. The first-order valence-corrected chi connectivity index (χ1v) is 4.65. The third kappa shape index (κ3) is 1.58. The summed E-state index contributed by atoms with van der Waals surface area (Å²) in [6, 6.07) is 4.97. The fourth-order valence-corrected chi connectivity index (χ4v) is 1.75. The predicted molar refractivity (Wildman–Crippen MR) is 56.2 cm³/mol. The summed E-state index contributed by atoms with van der Waals surface area (Å²) < 4.78 is 0. The van der Waals surface area contributed by atoms with Crippen molar-refractivity contribution < 1.29 is 15.0 Å². The average molecular weight is 226 g/mol. The maximum atomic E-state index is 10.9. The molecule has 0 aliphatic heterocycles. The zero-order chi connectivity index (χ0) is 11.0. The zero-order valence-electron chi connectivity index (χ0n) is 7.62. The van der Waals surface area contributed by atoms with E-state index in [9.17, 15) is 4.79 Å². The van der Waals surface area contributed by atoms with Crippen LogP contribution < -0.4 is 0 Å². The SMILES string of the molecule is O=C(O)c1[nH]c2cc(Cl)ccc2c1CO. The molecule has 1 heterocycles. The summed E-state index contributed by atoms with van der Waals surface area (Å²) in [5.41, 5.74) is 1.01. The summed E-state index contributed by atoms with van der Waals surface area (Å²) in [5, 5.41) is 19.2. The van der Waals surface area contributed by atoms with E-state index in [0.29, 0.717) is 21.5 Å². The molecule has 2 aromatic rings. The fourth-order valence-electron chi connectivity index (χ4n) is 1.57. The first kappa shape index (κ1) is 10.0. The Morgan fingerprint density at radius 3 is 2.80 bits per heavy atom. The number of halogens is 1. The molecule has 0 spiro atoms. The van der Waals surface area contributed by atoms with Gasteiger partial charge in [-0.15, -0.1) is 0 Å². The van der Waals surface area contributed by atoms with E-state index >= 15 is 0 Å². The van der Waals surface area contributed by atoms with Gasteiger partial charge < -0.3 is 15.2 Å². The zero-order valence-corrected chi connectivity index (χ0v) is 8.38. The molecule has 15 heavy (non-hydrogen) atoms. The van der Waals surface area contributed by atoms with Crippen LogP contribution in [0.3, 0.4) is 0 Å². The number of aliphatic hydroxyl groups is 1. The summed E-state index contributed by atoms with van der Waals surface area (Å²) >= 11 is 5.77. The van der Waals surface area contributed by atoms with Crippen molar-refractivity contribution in [3.8, 4) is 0 Å². The number of carboxylic acid groups (broad SMARTS) is 1. The predicted octanol–water partition coefficient (Wildman–Crippen LogP) is 2.01. The second-order valence-electron chi connectivity index (χ2n) is 3.13. The van der Waals surface area contributed by atoms with E-state index in [-0.39, 0.29) is 12.3 Å². The Morgan fingerprint density at radius 2 is 2.20 bits per heavy atom. The molecule has 5 heteroatoms. The van der Waals surface area contributed by atoms with Crippen LogP contribution in [0, 0.1) is 0 Å². The van der Waals surface area contributed by atoms with E-state index in [4.69, 9.17) is 21.8 Å². The van der Waals surface area contributed by atoms with Crippen LogP contribution in [-0.2, 0) is 6.61 Å². The monoisotopic (exact) mass is 225 g/mol. The van der Waals surface area contributed by atoms with E-state index < -0.39 is 5.97 Å². The fraction of sp³-hybridized carbons (Fsp3) is 0.100. The van der Waals surface area contributed by atoms with Gasteiger partial charge in [0.1, 0.15) is 5.69 Å². The van der Waals surface area contributed by atoms with Crippen LogP contribution in [0.15, 0.2) is 18.2 Å². The molecular weight excluding hydrogens is 218 g/mol. The molecule has 2 rings (SSSR count). The Balaban J connectivity index is 2.78. The van der Waals surface area contributed by atoms with E-state index in [2.05, 4.69) is 4.98 Å². The summed E-state index contributed by atoms with van der Waals surface area (Å²) in [6.45, 7) is -0.316. The van der Waals surface area contributed by atoms with E-state index in [0.717, 1.165) is 0 Å². The normalized spacial score (nSPS) is 10.8. The summed E-state index contributed by atoms with van der Waals surface area (Å²) in [6.07, 6.45) is 0. The molecule has 0 unspecified atom stereocenters. The van der Waals surface area contributed by atoms with Crippen LogP contribution in [0.25, 0.3) is 10.9 Å². The number of nitrogens with one attached hydrogen (secondary N) is 1. The smallest absolute Gasteiger partial charge is 0.352 e. The minimum atomic E-state index is -1.09. The molecule has 0 saturated carbocycles. The van der Waals surface area contributed by atoms with Crippen molar-refractivity contribution in [1.82, 2.24) is 4.98 Å². The van der Waals surface area contributed by atoms with Gasteiger partial charge in [-0.1, -0.05) is 17.7 Å². The van der Waals surface area contributed by atoms with Crippen molar-refractivity contribution in [2.45, 2.75) is 6.61 Å². The molecule has 4 nitrogen and oxygen atoms in total. The molecule has 0 fully saturated rings. The standard InChI is InChI=1S/C10H8ClNO3/c11-5-1-2-6-7(4-13)9(10(14)15)12-8(6)3-5/h1-3,12-13H,4H2,(H,14,15). The lowest BCUT2D eigenvalue weighted by Gasteiger charge is -1.95. The quantitative estimate of drug-likeness (QED) is 0.732. The number of aromatic carboxylic acids is 1. The third-order valence-corrected chi connectivity index (χ3v) is 2.48. The van der Waals surface area contributed by atoms with E-state index in [1.54, 1.807) is 18.2 Å². The number of fused-ring (bicyclic) bond motifs is 1. The highest BCUT2D eigenvalue weighted by atomic mass is 35.5. The number of rotatable bonds is 2. The Labute approximate surface area is 90.1 Å². The number of aromatic amines is 1. The highest BCUT2D eigenvalue weighted by Gasteiger charge is 2.15. The van der Waals surface area contributed by atoms with Gasteiger partial charge in [-0.3, -0.25) is 0 Å². The van der Waals surface area contributed by atoms with Crippen molar-refractivity contribution in [2.75, 3.05) is 0 Å². The second kappa shape index (κ2) is 3.56. The summed E-state index contributed by atoms with van der Waals surface area (Å²) in [4.78, 5) is 13.6. The second-order valence-corrected chi connectivity index (χ2v) is 3.57. The molecule has 0 atom stereocenters. The number of carbonyl (C=O) groups is 1. The van der Waals surface area contributed by atoms with Crippen molar-refractivity contribution in [2.24, 2.45) is 0 Å². The number of benzene rings is 1. The van der Waals surface area contributed by atoms with Gasteiger partial charge in [-0.05, 0) is 12.1 Å². The molecule has 1 aromatic carbocycles. The average Bonchev–Trinajstić information content (AvgIpc) is 2.55. The molecule has 0 radical (unpaired) electrons. The first-order chi connectivity index (χ1) is 7.13. The van der Waals surface area contributed by atoms with Crippen LogP contribution in [0.1, 0.15) is 16.1 Å². The number of aliphatic hydroxyl groups excluding tert-OH is 1. The number of aromatic nitrogens is 1. The van der Waals surface area contributed by atoms with Crippen molar-refractivity contribution in [1.29, 1.82) is 0 Å². The van der Waals surface area contributed by atoms with Crippen LogP contribution in [0.4, 0.5) is 0 Å². The van der Waals surface area contributed by atoms with Crippen molar-refractivity contribution in [3.63, 3.8) is 0 Å². The highest BCUT2D eigenvalue weighted by Crippen LogP contribution is 2.25. The Hall–Kier alpha value is -1.52. The van der Waals surface area contributed by atoms with Gasteiger partial charge >= 0.3 is 5.97 Å². The van der Waals surface area contributed by atoms with Crippen LogP contribution in [0.5, 0.6) is 0 Å². The maximum absolute atomic E-state index is 10.9. The van der Waals surface area contributed by atoms with E-state index in [1.807, 2.05) is 0 Å². The summed E-state index contributed by atoms with van der Waals surface area (Å²) in [7, 11) is 0. The number of H-pyrrole nitrogens is 1. The lowest BCUT2D eigenvalue weighted by molar-refractivity contribution is 0.0688. The molecule has 0 bridgehead atoms. The summed E-state index contributed by atoms with van der Waals surface area (Å²) in [5.74, 6) is -1.09. The minimum Gasteiger partial charge on any atom is -0.477 e. The molecule has 1 aromatic heterocycles. The van der Waals surface area contributed by atoms with Gasteiger partial charge in [0.05, 0.1) is 6.61 Å². The number of hydrogen-bond donors (Lipinski definition) is 3. The largest absolute Gasteiger partial charge is 0.477 e. The molecule has 0 amide bonds. The van der Waals surface area contributed by atoms with Gasteiger partial charge in [0, 0.05) is 21.5 Å². The minimum absolute atomic E-state index is 0.00904. The van der Waals surface area contributed by atoms with Gasteiger partial charge in [0.15, 0.2) is 0 Å². The van der Waals surface area contributed by atoms with E-state index in [1.165, 1.54) is 0 Å². The molecule has 78 valence electrons. The Bertz CT molecular complexity index is 533. The lowest BCUT2D eigenvalue weighted by atomic mass is 10.1. The van der Waals surface area contributed by atoms with Crippen molar-refractivity contribution in [3.05, 3.63) is 34.5 Å². The van der Waals surface area contributed by atoms with Gasteiger partial charge in [0.25, 0.3) is 0 Å². The maximum Gasteiger partial charge on any atom is 0.352 e. The Morgan fingerprint density at radius 1 is 1.47 bits per heavy atom. The van der Waals surface area contributed by atoms with Gasteiger partial charge in [-0.25, -0.2) is 4.79 Å². The third-order valence-electron chi connectivity index (χ3n) is 2.24. The van der Waals surface area contributed by atoms with Crippen LogP contribution in [0.2, 0.25) is 5.02 Å².